The van der Waals surface area contributed by atoms with Crippen LogP contribution >= 0.6 is 0 Å². The van der Waals surface area contributed by atoms with Crippen LogP contribution in [0, 0.1) is 11.3 Å². The molecule has 0 aliphatic heterocycles. The number of nitrogens with zero attached hydrogens (tertiary/aromatic N) is 2. The molecular formula is C18H16N2O3. The van der Waals surface area contributed by atoms with Crippen molar-refractivity contribution in [3.63, 3.8) is 0 Å². The predicted molar refractivity (Wildman–Crippen MR) is 86.6 cm³/mol. The second kappa shape index (κ2) is 6.41. The maximum absolute atomic E-state index is 12.4. The summed E-state index contributed by atoms with van der Waals surface area (Å²) in [6.07, 6.45) is 2.56. The monoisotopic (exact) mass is 308 g/mol. The van der Waals surface area contributed by atoms with Gasteiger partial charge >= 0.3 is 5.97 Å². The molecule has 0 saturated heterocycles. The number of hydrogen-bond acceptors (Lipinski definition) is 4. The average molecular weight is 308 g/mol. The molecule has 0 unspecified atom stereocenters. The maximum atomic E-state index is 12.4. The summed E-state index contributed by atoms with van der Waals surface area (Å²) >= 11 is 0. The van der Waals surface area contributed by atoms with Crippen molar-refractivity contribution in [1.82, 2.24) is 4.40 Å². The van der Waals surface area contributed by atoms with E-state index >= 15 is 0 Å². The van der Waals surface area contributed by atoms with Crippen molar-refractivity contribution in [2.45, 2.75) is 13.3 Å². The van der Waals surface area contributed by atoms with Crippen LogP contribution in [-0.4, -0.2) is 23.6 Å². The highest BCUT2D eigenvalue weighted by atomic mass is 16.5. The van der Waals surface area contributed by atoms with E-state index in [0.29, 0.717) is 17.9 Å². The molecule has 5 heteroatoms. The van der Waals surface area contributed by atoms with Gasteiger partial charge in [0.15, 0.2) is 6.61 Å². The van der Waals surface area contributed by atoms with E-state index in [4.69, 9.17) is 14.7 Å². The van der Waals surface area contributed by atoms with Crippen LogP contribution < -0.4 is 4.74 Å². The Morgan fingerprint density at radius 2 is 2.04 bits per heavy atom. The molecule has 0 bridgehead atoms. The summed E-state index contributed by atoms with van der Waals surface area (Å²) in [5.74, 6) is 0.254. The zero-order chi connectivity index (χ0) is 16.2. The van der Waals surface area contributed by atoms with Crippen LogP contribution in [0.15, 0.2) is 42.6 Å². The van der Waals surface area contributed by atoms with E-state index in [0.717, 1.165) is 22.8 Å². The molecule has 0 radical (unpaired) electrons. The number of carbonyl (C=O) groups is 1. The van der Waals surface area contributed by atoms with Gasteiger partial charge in [0.1, 0.15) is 11.8 Å². The summed E-state index contributed by atoms with van der Waals surface area (Å²) in [5.41, 5.74) is 2.21. The molecular weight excluding hydrogens is 292 g/mol. The Kier molecular flexibility index (Phi) is 4.15. The molecule has 116 valence electrons. The van der Waals surface area contributed by atoms with Crippen LogP contribution in [0.4, 0.5) is 0 Å². The molecule has 0 saturated carbocycles. The summed E-state index contributed by atoms with van der Waals surface area (Å²) in [7, 11) is 0. The minimum atomic E-state index is -0.323. The topological polar surface area (TPSA) is 63.7 Å². The van der Waals surface area contributed by atoms with Gasteiger partial charge in [-0.3, -0.25) is 0 Å². The standard InChI is InChI=1S/C18H16N2O3/c1-2-10-23-18(21)17-14-5-3-4-6-15(14)20-12-13(22-11-9-19)7-8-16(17)20/h3-8,12H,2,10-11H2,1H3. The largest absolute Gasteiger partial charge is 0.477 e. The summed E-state index contributed by atoms with van der Waals surface area (Å²) in [4.78, 5) is 12.4. The Morgan fingerprint density at radius 3 is 2.83 bits per heavy atom. The van der Waals surface area contributed by atoms with Crippen molar-refractivity contribution in [3.05, 3.63) is 48.2 Å². The number of carbonyl (C=O) groups excluding carboxylic acids is 1. The van der Waals surface area contributed by atoms with Crippen molar-refractivity contribution in [1.29, 1.82) is 5.26 Å². The van der Waals surface area contributed by atoms with Gasteiger partial charge in [0.2, 0.25) is 0 Å². The van der Waals surface area contributed by atoms with E-state index in [1.165, 1.54) is 0 Å². The van der Waals surface area contributed by atoms with Crippen molar-refractivity contribution in [3.8, 4) is 11.8 Å². The molecule has 0 atom stereocenters. The zero-order valence-corrected chi connectivity index (χ0v) is 12.8. The van der Waals surface area contributed by atoms with Gasteiger partial charge in [-0.25, -0.2) is 4.79 Å². The highest BCUT2D eigenvalue weighted by Crippen LogP contribution is 2.29. The molecule has 5 nitrogen and oxygen atoms in total. The summed E-state index contributed by atoms with van der Waals surface area (Å²) in [6.45, 7) is 2.34. The molecule has 0 fully saturated rings. The molecule has 0 spiro atoms. The Bertz CT molecular complexity index is 906. The smallest absolute Gasteiger partial charge is 0.340 e. The van der Waals surface area contributed by atoms with E-state index in [9.17, 15) is 4.79 Å². The number of fused-ring (bicyclic) bond motifs is 3. The normalized spacial score (nSPS) is 10.6. The maximum Gasteiger partial charge on any atom is 0.340 e. The Labute approximate surface area is 133 Å². The molecule has 3 rings (SSSR count). The summed E-state index contributed by atoms with van der Waals surface area (Å²) in [6, 6.07) is 13.2. The number of para-hydroxylation sites is 1. The summed E-state index contributed by atoms with van der Waals surface area (Å²) < 4.78 is 12.6. The first-order chi connectivity index (χ1) is 11.3. The lowest BCUT2D eigenvalue weighted by Crippen LogP contribution is -2.06. The molecule has 0 N–H and O–H groups in total. The molecule has 0 amide bonds. The molecule has 2 heterocycles. The molecule has 1 aromatic carbocycles. The van der Waals surface area contributed by atoms with Crippen molar-refractivity contribution in [2.24, 2.45) is 0 Å². The van der Waals surface area contributed by atoms with E-state index < -0.39 is 0 Å². The van der Waals surface area contributed by atoms with E-state index in [1.54, 1.807) is 12.3 Å². The van der Waals surface area contributed by atoms with Crippen LogP contribution in [0.1, 0.15) is 23.7 Å². The SMILES string of the molecule is CCCOC(=O)c1c2ccccc2n2cc(OCC#N)ccc12. The van der Waals surface area contributed by atoms with Gasteiger partial charge in [-0.05, 0) is 24.6 Å². The highest BCUT2D eigenvalue weighted by molar-refractivity contribution is 6.11. The lowest BCUT2D eigenvalue weighted by molar-refractivity contribution is 0.0509. The number of esters is 1. The van der Waals surface area contributed by atoms with Crippen LogP contribution in [-0.2, 0) is 4.74 Å². The number of benzene rings is 1. The third-order valence-electron chi connectivity index (χ3n) is 3.56. The Balaban J connectivity index is 2.18. The molecule has 3 aromatic rings. The van der Waals surface area contributed by atoms with Gasteiger partial charge in [-0.1, -0.05) is 25.1 Å². The van der Waals surface area contributed by atoms with Crippen LogP contribution in [0.2, 0.25) is 0 Å². The van der Waals surface area contributed by atoms with Crippen molar-refractivity contribution in [2.75, 3.05) is 13.2 Å². The van der Waals surface area contributed by atoms with Crippen LogP contribution in [0.3, 0.4) is 0 Å². The summed E-state index contributed by atoms with van der Waals surface area (Å²) in [5, 5.41) is 9.47. The van der Waals surface area contributed by atoms with Gasteiger partial charge < -0.3 is 13.9 Å². The van der Waals surface area contributed by atoms with Gasteiger partial charge in [-0.2, -0.15) is 5.26 Å². The van der Waals surface area contributed by atoms with Gasteiger partial charge in [0.25, 0.3) is 0 Å². The number of ether oxygens (including phenoxy) is 2. The lowest BCUT2D eigenvalue weighted by atomic mass is 10.1. The lowest BCUT2D eigenvalue weighted by Gasteiger charge is -2.05. The quantitative estimate of drug-likeness (QED) is 0.676. The second-order valence-electron chi connectivity index (χ2n) is 5.09. The third-order valence-corrected chi connectivity index (χ3v) is 3.56. The molecule has 2 aromatic heterocycles. The Hall–Kier alpha value is -3.00. The molecule has 0 aliphatic carbocycles. The van der Waals surface area contributed by atoms with Crippen molar-refractivity contribution >= 4 is 22.4 Å². The van der Waals surface area contributed by atoms with E-state index in [-0.39, 0.29) is 12.6 Å². The molecule has 0 aliphatic rings. The Morgan fingerprint density at radius 1 is 1.22 bits per heavy atom. The average Bonchev–Trinajstić information content (AvgIpc) is 2.91. The fourth-order valence-electron chi connectivity index (χ4n) is 2.60. The third kappa shape index (κ3) is 2.71. The minimum Gasteiger partial charge on any atom is -0.477 e. The zero-order valence-electron chi connectivity index (χ0n) is 12.8. The van der Waals surface area contributed by atoms with Gasteiger partial charge in [0, 0.05) is 5.39 Å². The molecule has 23 heavy (non-hydrogen) atoms. The van der Waals surface area contributed by atoms with Crippen LogP contribution in [0.5, 0.6) is 5.75 Å². The van der Waals surface area contributed by atoms with Crippen molar-refractivity contribution < 1.29 is 14.3 Å². The van der Waals surface area contributed by atoms with Gasteiger partial charge in [-0.15, -0.1) is 0 Å². The van der Waals surface area contributed by atoms with Gasteiger partial charge in [0.05, 0.1) is 29.4 Å². The first kappa shape index (κ1) is 14.9. The predicted octanol–water partition coefficient (Wildman–Crippen LogP) is 3.56. The second-order valence-corrected chi connectivity index (χ2v) is 5.09. The van der Waals surface area contributed by atoms with Crippen LogP contribution in [0.25, 0.3) is 16.4 Å². The number of nitriles is 1. The fourth-order valence-corrected chi connectivity index (χ4v) is 2.60. The minimum absolute atomic E-state index is 0.0178. The number of hydrogen-bond donors (Lipinski definition) is 0. The number of pyridine rings is 1. The van der Waals surface area contributed by atoms with E-state index in [2.05, 4.69) is 0 Å². The fraction of sp³-hybridized carbons (Fsp3) is 0.222. The highest BCUT2D eigenvalue weighted by Gasteiger charge is 2.19. The first-order valence-corrected chi connectivity index (χ1v) is 7.46. The number of rotatable bonds is 5. The number of aromatic nitrogens is 1. The first-order valence-electron chi connectivity index (χ1n) is 7.46. The van der Waals surface area contributed by atoms with E-state index in [1.807, 2.05) is 47.7 Å².